The van der Waals surface area contributed by atoms with Gasteiger partial charge in [-0.15, -0.1) is 0 Å². The number of piperidine rings is 1. The summed E-state index contributed by atoms with van der Waals surface area (Å²) in [4.78, 5) is 36.6. The summed E-state index contributed by atoms with van der Waals surface area (Å²) in [6, 6.07) is 9.03. The first-order valence-corrected chi connectivity index (χ1v) is 8.54. The fraction of sp³-hybridized carbons (Fsp3) is 0.412. The Kier molecular flexibility index (Phi) is 5.35. The minimum absolute atomic E-state index is 0.0961. The topological polar surface area (TPSA) is 126 Å². The van der Waals surface area contributed by atoms with Gasteiger partial charge in [-0.25, -0.2) is 14.7 Å². The Morgan fingerprint density at radius 3 is 2.58 bits per heavy atom. The quantitative estimate of drug-likeness (QED) is 0.695. The Balaban J connectivity index is 1.64. The predicted molar refractivity (Wildman–Crippen MR) is 94.5 cm³/mol. The lowest BCUT2D eigenvalue weighted by atomic mass is 9.95. The zero-order valence-corrected chi connectivity index (χ0v) is 14.4. The molecule has 1 fully saturated rings. The van der Waals surface area contributed by atoms with Crippen molar-refractivity contribution < 1.29 is 9.59 Å². The largest absolute Gasteiger partial charge is 0.352 e. The number of rotatable bonds is 5. The van der Waals surface area contributed by atoms with Gasteiger partial charge in [-0.1, -0.05) is 30.3 Å². The molecule has 1 saturated heterocycles. The van der Waals surface area contributed by atoms with Gasteiger partial charge in [0.1, 0.15) is 5.82 Å². The van der Waals surface area contributed by atoms with E-state index in [1.54, 1.807) is 9.47 Å². The van der Waals surface area contributed by atoms with E-state index in [1.165, 1.54) is 0 Å². The Bertz CT molecular complexity index is 821. The molecule has 9 nitrogen and oxygen atoms in total. The minimum Gasteiger partial charge on any atom is -0.352 e. The predicted octanol–water partition coefficient (Wildman–Crippen LogP) is -0.00600. The van der Waals surface area contributed by atoms with Crippen LogP contribution in [0.4, 0.5) is 4.79 Å². The van der Waals surface area contributed by atoms with E-state index in [9.17, 15) is 14.4 Å². The van der Waals surface area contributed by atoms with E-state index in [-0.39, 0.29) is 24.1 Å². The number of H-pyrrole nitrogens is 1. The normalized spacial score (nSPS) is 15.0. The van der Waals surface area contributed by atoms with Gasteiger partial charge in [-0.05, 0) is 18.4 Å². The van der Waals surface area contributed by atoms with E-state index < -0.39 is 6.03 Å². The third kappa shape index (κ3) is 4.11. The highest BCUT2D eigenvalue weighted by atomic mass is 16.2. The first-order chi connectivity index (χ1) is 12.5. The van der Waals surface area contributed by atoms with Crippen LogP contribution >= 0.6 is 0 Å². The van der Waals surface area contributed by atoms with Crippen molar-refractivity contribution in [3.63, 3.8) is 0 Å². The molecule has 0 spiro atoms. The van der Waals surface area contributed by atoms with Crippen LogP contribution in [0.15, 0.2) is 35.1 Å². The van der Waals surface area contributed by atoms with Crippen LogP contribution in [0.3, 0.4) is 0 Å². The summed E-state index contributed by atoms with van der Waals surface area (Å²) in [5.41, 5.74) is 5.79. The van der Waals surface area contributed by atoms with E-state index in [0.717, 1.165) is 11.4 Å². The number of hydrogen-bond acceptors (Lipinski definition) is 4. The van der Waals surface area contributed by atoms with Gasteiger partial charge in [0.2, 0.25) is 5.91 Å². The van der Waals surface area contributed by atoms with Crippen LogP contribution in [0.2, 0.25) is 0 Å². The van der Waals surface area contributed by atoms with Crippen LogP contribution in [0.5, 0.6) is 0 Å². The van der Waals surface area contributed by atoms with Crippen LogP contribution in [0, 0.1) is 0 Å². The molecule has 0 radical (unpaired) electrons. The zero-order valence-electron chi connectivity index (χ0n) is 14.4. The molecule has 1 aromatic carbocycles. The van der Waals surface area contributed by atoms with Crippen LogP contribution < -0.4 is 16.7 Å². The van der Waals surface area contributed by atoms with E-state index in [2.05, 4.69) is 15.5 Å². The van der Waals surface area contributed by atoms with Crippen molar-refractivity contribution in [2.45, 2.75) is 25.3 Å². The summed E-state index contributed by atoms with van der Waals surface area (Å²) in [6.07, 6.45) is 1.42. The maximum atomic E-state index is 12.1. The van der Waals surface area contributed by atoms with Crippen molar-refractivity contribution in [2.75, 3.05) is 19.6 Å². The number of carbonyl (C=O) groups excluding carboxylic acids is 2. The number of benzene rings is 1. The highest BCUT2D eigenvalue weighted by Gasteiger charge is 2.27. The molecule has 1 aliphatic heterocycles. The van der Waals surface area contributed by atoms with Crippen molar-refractivity contribution in [2.24, 2.45) is 5.73 Å². The summed E-state index contributed by atoms with van der Waals surface area (Å²) < 4.78 is 1.66. The lowest BCUT2D eigenvalue weighted by Crippen LogP contribution is -2.45. The fourth-order valence-corrected chi connectivity index (χ4v) is 3.22. The number of urea groups is 1. The Hall–Kier alpha value is -3.10. The number of aromatic amines is 1. The molecule has 3 amide bonds. The lowest BCUT2D eigenvalue weighted by molar-refractivity contribution is -0.131. The Morgan fingerprint density at radius 2 is 1.92 bits per heavy atom. The Labute approximate surface area is 150 Å². The molecule has 1 aliphatic rings. The van der Waals surface area contributed by atoms with Gasteiger partial charge >= 0.3 is 11.7 Å². The van der Waals surface area contributed by atoms with Crippen LogP contribution in [0.25, 0.3) is 0 Å². The molecule has 138 valence electrons. The summed E-state index contributed by atoms with van der Waals surface area (Å²) in [7, 11) is 0. The van der Waals surface area contributed by atoms with E-state index in [4.69, 9.17) is 5.73 Å². The van der Waals surface area contributed by atoms with Crippen LogP contribution in [-0.4, -0.2) is 51.2 Å². The molecule has 1 aromatic heterocycles. The minimum atomic E-state index is -0.713. The number of nitrogens with two attached hydrogens (primary N) is 1. The SMILES string of the molecule is NC(=O)NCC(=O)N1CCC(c2n[nH]c(=O)n2Cc2ccccc2)CC1. The number of nitrogens with zero attached hydrogens (tertiary/aromatic N) is 3. The van der Waals surface area contributed by atoms with E-state index >= 15 is 0 Å². The standard InChI is InChI=1S/C17H22N6O3/c18-16(25)19-10-14(24)22-8-6-13(7-9-22)15-20-21-17(26)23(15)11-12-4-2-1-3-5-12/h1-5,13H,6-11H2,(H,21,26)(H3,18,19,25). The first-order valence-electron chi connectivity index (χ1n) is 8.54. The number of aromatic nitrogens is 3. The van der Waals surface area contributed by atoms with Crippen molar-refractivity contribution in [3.8, 4) is 0 Å². The van der Waals surface area contributed by atoms with Crippen molar-refractivity contribution in [1.82, 2.24) is 25.0 Å². The number of amides is 3. The molecule has 0 atom stereocenters. The highest BCUT2D eigenvalue weighted by Crippen LogP contribution is 2.26. The summed E-state index contributed by atoms with van der Waals surface area (Å²) in [5.74, 6) is 0.665. The maximum Gasteiger partial charge on any atom is 0.343 e. The molecule has 2 heterocycles. The van der Waals surface area contributed by atoms with Gasteiger partial charge < -0.3 is 16.0 Å². The maximum absolute atomic E-state index is 12.1. The van der Waals surface area contributed by atoms with Gasteiger partial charge in [0, 0.05) is 19.0 Å². The van der Waals surface area contributed by atoms with Gasteiger partial charge in [0.15, 0.2) is 0 Å². The average Bonchev–Trinajstić information content (AvgIpc) is 3.01. The second kappa shape index (κ2) is 7.85. The summed E-state index contributed by atoms with van der Waals surface area (Å²) >= 11 is 0. The third-order valence-electron chi connectivity index (χ3n) is 4.60. The number of hydrogen-bond donors (Lipinski definition) is 3. The number of carbonyl (C=O) groups is 2. The van der Waals surface area contributed by atoms with E-state index in [1.807, 2.05) is 30.3 Å². The molecule has 0 bridgehead atoms. The number of primary amides is 1. The second-order valence-electron chi connectivity index (χ2n) is 6.33. The Morgan fingerprint density at radius 1 is 1.23 bits per heavy atom. The number of nitrogens with one attached hydrogen (secondary N) is 2. The highest BCUT2D eigenvalue weighted by molar-refractivity contribution is 5.83. The van der Waals surface area contributed by atoms with Crippen molar-refractivity contribution >= 4 is 11.9 Å². The molecule has 0 unspecified atom stereocenters. The molecule has 3 rings (SSSR count). The number of likely N-dealkylation sites (tertiary alicyclic amines) is 1. The lowest BCUT2D eigenvalue weighted by Gasteiger charge is -2.31. The molecule has 0 saturated carbocycles. The smallest absolute Gasteiger partial charge is 0.343 e. The van der Waals surface area contributed by atoms with Crippen LogP contribution in [0.1, 0.15) is 30.1 Å². The molecular weight excluding hydrogens is 336 g/mol. The van der Waals surface area contributed by atoms with E-state index in [0.29, 0.717) is 32.5 Å². The molecule has 2 aromatic rings. The van der Waals surface area contributed by atoms with Gasteiger partial charge in [-0.3, -0.25) is 9.36 Å². The van der Waals surface area contributed by atoms with Gasteiger partial charge in [0.25, 0.3) is 0 Å². The monoisotopic (exact) mass is 358 g/mol. The zero-order chi connectivity index (χ0) is 18.5. The third-order valence-corrected chi connectivity index (χ3v) is 4.60. The molecule has 9 heteroatoms. The fourth-order valence-electron chi connectivity index (χ4n) is 3.22. The summed E-state index contributed by atoms with van der Waals surface area (Å²) in [6.45, 7) is 1.47. The molecule has 26 heavy (non-hydrogen) atoms. The molecule has 4 N–H and O–H groups in total. The van der Waals surface area contributed by atoms with Gasteiger partial charge in [0.05, 0.1) is 13.1 Å². The molecule has 0 aliphatic carbocycles. The van der Waals surface area contributed by atoms with Gasteiger partial charge in [-0.2, -0.15) is 5.10 Å². The second-order valence-corrected chi connectivity index (χ2v) is 6.33. The van der Waals surface area contributed by atoms with Crippen molar-refractivity contribution in [1.29, 1.82) is 0 Å². The van der Waals surface area contributed by atoms with Crippen molar-refractivity contribution in [3.05, 3.63) is 52.2 Å². The summed E-state index contributed by atoms with van der Waals surface area (Å²) in [5, 5.41) is 9.06. The average molecular weight is 358 g/mol. The first kappa shape index (κ1) is 17.7. The van der Waals surface area contributed by atoms with Crippen LogP contribution in [-0.2, 0) is 11.3 Å². The molecular formula is C17H22N6O3.